The van der Waals surface area contributed by atoms with Crippen molar-refractivity contribution in [3.63, 3.8) is 0 Å². The highest BCUT2D eigenvalue weighted by Crippen LogP contribution is 2.13. The number of ether oxygens (including phenoxy) is 1. The van der Waals surface area contributed by atoms with Crippen molar-refractivity contribution in [1.82, 2.24) is 9.80 Å². The maximum Gasteiger partial charge on any atom is 0.119 e. The Labute approximate surface area is 118 Å². The molecule has 108 valence electrons. The first kappa shape index (κ1) is 16.0. The second-order valence-corrected chi connectivity index (χ2v) is 5.39. The molecule has 0 saturated carbocycles. The van der Waals surface area contributed by atoms with Gasteiger partial charge in [0.2, 0.25) is 0 Å². The van der Waals surface area contributed by atoms with Crippen LogP contribution in [0.2, 0.25) is 0 Å². The summed E-state index contributed by atoms with van der Waals surface area (Å²) in [4.78, 5) is 4.55. The third kappa shape index (κ3) is 7.19. The molecule has 1 rings (SSSR count). The fourth-order valence-electron chi connectivity index (χ4n) is 1.79. The van der Waals surface area contributed by atoms with Crippen molar-refractivity contribution in [3.8, 4) is 5.75 Å². The van der Waals surface area contributed by atoms with Crippen LogP contribution in [-0.4, -0.2) is 50.6 Å². The topological polar surface area (TPSA) is 15.7 Å². The average Bonchev–Trinajstić information content (AvgIpc) is 2.39. The number of rotatable bonds is 9. The molecule has 0 aliphatic carbocycles. The van der Waals surface area contributed by atoms with Crippen LogP contribution in [0.1, 0.15) is 25.3 Å². The lowest BCUT2D eigenvalue weighted by atomic mass is 10.2. The second kappa shape index (κ2) is 8.94. The number of unbranched alkanes of at least 4 members (excludes halogenated alkanes) is 1. The number of benzene rings is 1. The second-order valence-electron chi connectivity index (χ2n) is 5.39. The molecule has 0 aromatic heterocycles. The van der Waals surface area contributed by atoms with Gasteiger partial charge in [0.1, 0.15) is 5.75 Å². The molecule has 1 aromatic carbocycles. The lowest BCUT2D eigenvalue weighted by Gasteiger charge is -2.19. The van der Waals surface area contributed by atoms with Crippen molar-refractivity contribution in [2.75, 3.05) is 40.8 Å². The maximum absolute atomic E-state index is 5.67. The van der Waals surface area contributed by atoms with E-state index < -0.39 is 0 Å². The molecule has 0 aliphatic heterocycles. The molecule has 0 radical (unpaired) electrons. The van der Waals surface area contributed by atoms with E-state index in [1.807, 2.05) is 0 Å². The molecule has 3 heteroatoms. The summed E-state index contributed by atoms with van der Waals surface area (Å²) in [6.45, 7) is 6.16. The first-order chi connectivity index (χ1) is 9.11. The first-order valence-corrected chi connectivity index (χ1v) is 7.17. The Kier molecular flexibility index (Phi) is 7.53. The van der Waals surface area contributed by atoms with Gasteiger partial charge in [-0.2, -0.15) is 0 Å². The maximum atomic E-state index is 5.67. The van der Waals surface area contributed by atoms with Crippen LogP contribution in [0.25, 0.3) is 0 Å². The smallest absolute Gasteiger partial charge is 0.119 e. The van der Waals surface area contributed by atoms with Crippen molar-refractivity contribution in [1.29, 1.82) is 0 Å². The zero-order chi connectivity index (χ0) is 14.1. The highest BCUT2D eigenvalue weighted by atomic mass is 16.5. The molecule has 0 fully saturated rings. The van der Waals surface area contributed by atoms with Crippen LogP contribution in [0.4, 0.5) is 0 Å². The van der Waals surface area contributed by atoms with Gasteiger partial charge in [-0.25, -0.2) is 0 Å². The Hall–Kier alpha value is -1.06. The molecule has 1 aromatic rings. The summed E-state index contributed by atoms with van der Waals surface area (Å²) in [7, 11) is 6.38. The van der Waals surface area contributed by atoms with E-state index in [1.54, 1.807) is 0 Å². The van der Waals surface area contributed by atoms with Gasteiger partial charge in [-0.3, -0.25) is 0 Å². The Bertz CT molecular complexity index is 335. The van der Waals surface area contributed by atoms with Gasteiger partial charge >= 0.3 is 0 Å². The molecule has 3 nitrogen and oxygen atoms in total. The van der Waals surface area contributed by atoms with Gasteiger partial charge in [-0.15, -0.1) is 0 Å². The third-order valence-electron chi connectivity index (χ3n) is 3.07. The van der Waals surface area contributed by atoms with Gasteiger partial charge in [-0.05, 0) is 45.3 Å². The standard InChI is InChI=1S/C16H28N2O/c1-5-6-13-19-16-9-7-15(8-10-16)14-18(4)12-11-17(2)3/h7-10H,5-6,11-14H2,1-4H3. The van der Waals surface area contributed by atoms with Crippen molar-refractivity contribution < 1.29 is 4.74 Å². The highest BCUT2D eigenvalue weighted by Gasteiger charge is 2.01. The minimum Gasteiger partial charge on any atom is -0.494 e. The number of hydrogen-bond donors (Lipinski definition) is 0. The fourth-order valence-corrected chi connectivity index (χ4v) is 1.79. The van der Waals surface area contributed by atoms with Crippen LogP contribution < -0.4 is 4.74 Å². The summed E-state index contributed by atoms with van der Waals surface area (Å²) < 4.78 is 5.67. The van der Waals surface area contributed by atoms with Crippen molar-refractivity contribution in [3.05, 3.63) is 29.8 Å². The van der Waals surface area contributed by atoms with Gasteiger partial charge in [0.15, 0.2) is 0 Å². The molecule has 0 aliphatic rings. The minimum absolute atomic E-state index is 0.818. The summed E-state index contributed by atoms with van der Waals surface area (Å²) in [6, 6.07) is 8.47. The molecule has 0 N–H and O–H groups in total. The monoisotopic (exact) mass is 264 g/mol. The van der Waals surface area contributed by atoms with Gasteiger partial charge in [0, 0.05) is 19.6 Å². The van der Waals surface area contributed by atoms with Gasteiger partial charge in [0.05, 0.1) is 6.61 Å². The Morgan fingerprint density at radius 1 is 1.00 bits per heavy atom. The molecule has 0 saturated heterocycles. The summed E-state index contributed by atoms with van der Waals surface area (Å²) in [5.41, 5.74) is 1.34. The summed E-state index contributed by atoms with van der Waals surface area (Å²) >= 11 is 0. The lowest BCUT2D eigenvalue weighted by Crippen LogP contribution is -2.28. The molecule has 19 heavy (non-hydrogen) atoms. The number of likely N-dealkylation sites (N-methyl/N-ethyl adjacent to an activating group) is 2. The lowest BCUT2D eigenvalue weighted by molar-refractivity contribution is 0.276. The van der Waals surface area contributed by atoms with E-state index in [2.05, 4.69) is 62.1 Å². The van der Waals surface area contributed by atoms with Crippen LogP contribution in [0.5, 0.6) is 5.75 Å². The molecule has 0 amide bonds. The molecule has 0 spiro atoms. The zero-order valence-corrected chi connectivity index (χ0v) is 12.9. The summed E-state index contributed by atoms with van der Waals surface area (Å²) in [5, 5.41) is 0. The Balaban J connectivity index is 2.34. The van der Waals surface area contributed by atoms with Crippen LogP contribution in [0, 0.1) is 0 Å². The van der Waals surface area contributed by atoms with E-state index in [1.165, 1.54) is 12.0 Å². The van der Waals surface area contributed by atoms with E-state index in [4.69, 9.17) is 4.74 Å². The molecule has 0 unspecified atom stereocenters. The summed E-state index contributed by atoms with van der Waals surface area (Å²) in [6.07, 6.45) is 2.30. The molecule has 0 atom stereocenters. The van der Waals surface area contributed by atoms with E-state index in [0.29, 0.717) is 0 Å². The minimum atomic E-state index is 0.818. The predicted molar refractivity (Wildman–Crippen MR) is 81.7 cm³/mol. The largest absolute Gasteiger partial charge is 0.494 e. The fraction of sp³-hybridized carbons (Fsp3) is 0.625. The van der Waals surface area contributed by atoms with E-state index in [0.717, 1.165) is 38.4 Å². The quantitative estimate of drug-likeness (QED) is 0.638. The van der Waals surface area contributed by atoms with Crippen LogP contribution in [0.15, 0.2) is 24.3 Å². The predicted octanol–water partition coefficient (Wildman–Crippen LogP) is 2.86. The van der Waals surface area contributed by atoms with E-state index in [-0.39, 0.29) is 0 Å². The van der Waals surface area contributed by atoms with E-state index in [9.17, 15) is 0 Å². The average molecular weight is 264 g/mol. The molecular formula is C16H28N2O. The number of hydrogen-bond acceptors (Lipinski definition) is 3. The van der Waals surface area contributed by atoms with Gasteiger partial charge in [0.25, 0.3) is 0 Å². The van der Waals surface area contributed by atoms with Crippen molar-refractivity contribution >= 4 is 0 Å². The van der Waals surface area contributed by atoms with Crippen LogP contribution in [-0.2, 0) is 6.54 Å². The zero-order valence-electron chi connectivity index (χ0n) is 12.9. The van der Waals surface area contributed by atoms with Crippen molar-refractivity contribution in [2.24, 2.45) is 0 Å². The molecule has 0 bridgehead atoms. The third-order valence-corrected chi connectivity index (χ3v) is 3.07. The highest BCUT2D eigenvalue weighted by molar-refractivity contribution is 5.27. The van der Waals surface area contributed by atoms with Crippen LogP contribution in [0.3, 0.4) is 0 Å². The van der Waals surface area contributed by atoms with Crippen LogP contribution >= 0.6 is 0 Å². The Morgan fingerprint density at radius 3 is 2.26 bits per heavy atom. The van der Waals surface area contributed by atoms with Gasteiger partial charge in [-0.1, -0.05) is 25.5 Å². The molecule has 0 heterocycles. The number of nitrogens with zero attached hydrogens (tertiary/aromatic N) is 2. The van der Waals surface area contributed by atoms with Crippen molar-refractivity contribution in [2.45, 2.75) is 26.3 Å². The van der Waals surface area contributed by atoms with Gasteiger partial charge < -0.3 is 14.5 Å². The normalized spacial score (nSPS) is 11.3. The van der Waals surface area contributed by atoms with E-state index >= 15 is 0 Å². The first-order valence-electron chi connectivity index (χ1n) is 7.17. The summed E-state index contributed by atoms with van der Waals surface area (Å²) in [5.74, 6) is 0.980. The Morgan fingerprint density at radius 2 is 1.68 bits per heavy atom. The molecular weight excluding hydrogens is 236 g/mol. The SMILES string of the molecule is CCCCOc1ccc(CN(C)CCN(C)C)cc1.